The second-order valence-corrected chi connectivity index (χ2v) is 4.66. The molecule has 0 spiro atoms. The van der Waals surface area contributed by atoms with Crippen LogP contribution in [0.3, 0.4) is 0 Å². The lowest BCUT2D eigenvalue weighted by atomic mass is 10.0. The minimum Gasteiger partial charge on any atom is -0.393 e. The molecule has 1 saturated heterocycles. The van der Waals surface area contributed by atoms with E-state index in [1.807, 2.05) is 0 Å². The lowest BCUT2D eigenvalue weighted by Crippen LogP contribution is -2.14. The highest BCUT2D eigenvalue weighted by Crippen LogP contribution is 2.42. The second kappa shape index (κ2) is 3.97. The molecule has 2 nitrogen and oxygen atoms in total. The molecule has 0 amide bonds. The van der Waals surface area contributed by atoms with Gasteiger partial charge in [0.2, 0.25) is 0 Å². The van der Waals surface area contributed by atoms with Crippen LogP contribution in [0.25, 0.3) is 0 Å². The number of aliphatic hydroxyl groups excluding tert-OH is 1. The molecule has 0 aromatic heterocycles. The van der Waals surface area contributed by atoms with Crippen LogP contribution in [0, 0.1) is 11.8 Å². The molecule has 13 heavy (non-hydrogen) atoms. The number of rotatable bonds is 4. The van der Waals surface area contributed by atoms with Crippen molar-refractivity contribution in [1.29, 1.82) is 0 Å². The predicted octanol–water partition coefficient (Wildman–Crippen LogP) is 1.96. The zero-order valence-electron chi connectivity index (χ0n) is 8.41. The van der Waals surface area contributed by atoms with Gasteiger partial charge in [-0.1, -0.05) is 6.92 Å². The molecule has 2 aliphatic rings. The summed E-state index contributed by atoms with van der Waals surface area (Å²) in [5.41, 5.74) is 0. The quantitative estimate of drug-likeness (QED) is 0.723. The van der Waals surface area contributed by atoms with Crippen molar-refractivity contribution >= 4 is 0 Å². The molecule has 0 aromatic rings. The monoisotopic (exact) mass is 184 g/mol. The average molecular weight is 184 g/mol. The van der Waals surface area contributed by atoms with Gasteiger partial charge in [0.05, 0.1) is 12.2 Å². The van der Waals surface area contributed by atoms with E-state index in [-0.39, 0.29) is 6.10 Å². The molecule has 1 N–H and O–H groups in total. The lowest BCUT2D eigenvalue weighted by molar-refractivity contribution is 0.0735. The van der Waals surface area contributed by atoms with E-state index in [9.17, 15) is 5.11 Å². The van der Waals surface area contributed by atoms with Gasteiger partial charge in [0.15, 0.2) is 0 Å². The van der Waals surface area contributed by atoms with Crippen molar-refractivity contribution in [1.82, 2.24) is 0 Å². The van der Waals surface area contributed by atoms with Crippen molar-refractivity contribution in [2.75, 3.05) is 6.61 Å². The first-order valence-electron chi connectivity index (χ1n) is 5.57. The largest absolute Gasteiger partial charge is 0.393 e. The van der Waals surface area contributed by atoms with Crippen LogP contribution in [-0.2, 0) is 4.74 Å². The molecule has 76 valence electrons. The van der Waals surface area contributed by atoms with Crippen molar-refractivity contribution in [3.63, 3.8) is 0 Å². The average Bonchev–Trinajstić information content (AvgIpc) is 2.68. The van der Waals surface area contributed by atoms with Crippen molar-refractivity contribution in [3.05, 3.63) is 0 Å². The Balaban J connectivity index is 1.61. The first-order valence-corrected chi connectivity index (χ1v) is 5.57. The maximum atomic E-state index is 9.76. The fraction of sp³-hybridized carbons (Fsp3) is 1.00. The molecule has 1 aliphatic carbocycles. The third-order valence-corrected chi connectivity index (χ3v) is 3.47. The van der Waals surface area contributed by atoms with Crippen LogP contribution in [0.2, 0.25) is 0 Å². The smallest absolute Gasteiger partial charge is 0.0577 e. The van der Waals surface area contributed by atoms with Gasteiger partial charge in [-0.05, 0) is 43.9 Å². The summed E-state index contributed by atoms with van der Waals surface area (Å²) in [7, 11) is 0. The van der Waals surface area contributed by atoms with Crippen molar-refractivity contribution in [2.45, 2.75) is 51.2 Å². The van der Waals surface area contributed by atoms with Crippen LogP contribution in [-0.4, -0.2) is 23.9 Å². The van der Waals surface area contributed by atoms with Crippen molar-refractivity contribution in [3.8, 4) is 0 Å². The van der Waals surface area contributed by atoms with Crippen molar-refractivity contribution in [2.24, 2.45) is 11.8 Å². The van der Waals surface area contributed by atoms with Gasteiger partial charge < -0.3 is 9.84 Å². The molecular formula is C11H20O2. The van der Waals surface area contributed by atoms with Crippen LogP contribution in [0.5, 0.6) is 0 Å². The first-order chi connectivity index (χ1) is 6.27. The Hall–Kier alpha value is -0.0800. The fourth-order valence-electron chi connectivity index (χ4n) is 2.33. The molecule has 1 aliphatic heterocycles. The molecule has 2 fully saturated rings. The number of aliphatic hydroxyl groups is 1. The normalized spacial score (nSPS) is 40.6. The molecular weight excluding hydrogens is 164 g/mol. The van der Waals surface area contributed by atoms with Crippen LogP contribution in [0.15, 0.2) is 0 Å². The highest BCUT2D eigenvalue weighted by molar-refractivity contribution is 4.88. The third kappa shape index (κ3) is 2.44. The minimum absolute atomic E-state index is 0.0563. The highest BCUT2D eigenvalue weighted by atomic mass is 16.5. The summed E-state index contributed by atoms with van der Waals surface area (Å²) in [6.45, 7) is 3.15. The standard InChI is InChI=1S/C11H20O2/c1-8-7-10(8)11(12)5-4-9-3-2-6-13-9/h8-12H,2-7H2,1H3. The highest BCUT2D eigenvalue weighted by Gasteiger charge is 2.38. The summed E-state index contributed by atoms with van der Waals surface area (Å²) in [5, 5.41) is 9.76. The minimum atomic E-state index is -0.0563. The van der Waals surface area contributed by atoms with E-state index >= 15 is 0 Å². The van der Waals surface area contributed by atoms with Gasteiger partial charge in [-0.2, -0.15) is 0 Å². The number of hydrogen-bond donors (Lipinski definition) is 1. The second-order valence-electron chi connectivity index (χ2n) is 4.66. The third-order valence-electron chi connectivity index (χ3n) is 3.47. The Bertz CT molecular complexity index is 163. The summed E-state index contributed by atoms with van der Waals surface area (Å²) in [4.78, 5) is 0. The van der Waals surface area contributed by atoms with Gasteiger partial charge >= 0.3 is 0 Å². The van der Waals surface area contributed by atoms with E-state index in [0.717, 1.165) is 25.4 Å². The van der Waals surface area contributed by atoms with Crippen molar-refractivity contribution < 1.29 is 9.84 Å². The molecule has 0 radical (unpaired) electrons. The SMILES string of the molecule is CC1CC1C(O)CCC1CCCO1. The van der Waals surface area contributed by atoms with E-state index in [0.29, 0.717) is 12.0 Å². The molecule has 2 heteroatoms. The van der Waals surface area contributed by atoms with Crippen LogP contribution in [0.4, 0.5) is 0 Å². The lowest BCUT2D eigenvalue weighted by Gasteiger charge is -2.13. The first kappa shape index (κ1) is 9.47. The van der Waals surface area contributed by atoms with Gasteiger partial charge in [0.25, 0.3) is 0 Å². The molecule has 4 unspecified atom stereocenters. The predicted molar refractivity (Wildman–Crippen MR) is 51.5 cm³/mol. The Kier molecular flexibility index (Phi) is 2.89. The Labute approximate surface area is 80.3 Å². The summed E-state index contributed by atoms with van der Waals surface area (Å²) in [5.74, 6) is 1.36. The van der Waals surface area contributed by atoms with Gasteiger partial charge in [-0.15, -0.1) is 0 Å². The van der Waals surface area contributed by atoms with E-state index in [1.165, 1.54) is 19.3 Å². The van der Waals surface area contributed by atoms with E-state index in [2.05, 4.69) is 6.92 Å². The molecule has 0 aromatic carbocycles. The Morgan fingerprint density at radius 1 is 1.54 bits per heavy atom. The number of hydrogen-bond acceptors (Lipinski definition) is 2. The summed E-state index contributed by atoms with van der Waals surface area (Å²) in [6.07, 6.45) is 6.03. The fourth-order valence-corrected chi connectivity index (χ4v) is 2.33. The van der Waals surface area contributed by atoms with E-state index in [4.69, 9.17) is 4.74 Å². The zero-order chi connectivity index (χ0) is 9.26. The maximum Gasteiger partial charge on any atom is 0.0577 e. The summed E-state index contributed by atoms with van der Waals surface area (Å²) in [6, 6.07) is 0. The van der Waals surface area contributed by atoms with E-state index in [1.54, 1.807) is 0 Å². The van der Waals surface area contributed by atoms with Gasteiger partial charge in [0, 0.05) is 6.61 Å². The van der Waals surface area contributed by atoms with Gasteiger partial charge in [0.1, 0.15) is 0 Å². The molecule has 1 heterocycles. The zero-order valence-corrected chi connectivity index (χ0v) is 8.41. The molecule has 1 saturated carbocycles. The maximum absolute atomic E-state index is 9.76. The molecule has 0 bridgehead atoms. The molecule has 4 atom stereocenters. The van der Waals surface area contributed by atoms with Gasteiger partial charge in [-0.25, -0.2) is 0 Å². The van der Waals surface area contributed by atoms with Crippen LogP contribution >= 0.6 is 0 Å². The topological polar surface area (TPSA) is 29.5 Å². The van der Waals surface area contributed by atoms with E-state index < -0.39 is 0 Å². The Morgan fingerprint density at radius 2 is 2.31 bits per heavy atom. The van der Waals surface area contributed by atoms with Gasteiger partial charge in [-0.3, -0.25) is 0 Å². The Morgan fingerprint density at radius 3 is 2.85 bits per heavy atom. The van der Waals surface area contributed by atoms with Crippen LogP contribution < -0.4 is 0 Å². The number of ether oxygens (including phenoxy) is 1. The van der Waals surface area contributed by atoms with Crippen LogP contribution in [0.1, 0.15) is 39.0 Å². The summed E-state index contributed by atoms with van der Waals surface area (Å²) < 4.78 is 5.52. The molecule has 2 rings (SSSR count). The summed E-state index contributed by atoms with van der Waals surface area (Å²) >= 11 is 0.